The lowest BCUT2D eigenvalue weighted by atomic mass is 10.0. The number of nitrogens with two attached hydrogens (primary N) is 1. The molecule has 2 N–H and O–H groups in total. The highest BCUT2D eigenvalue weighted by Gasteiger charge is 2.05. The number of benzene rings is 2. The summed E-state index contributed by atoms with van der Waals surface area (Å²) < 4.78 is 5.74. The van der Waals surface area contributed by atoms with E-state index in [1.807, 2.05) is 60.7 Å². The summed E-state index contributed by atoms with van der Waals surface area (Å²) in [4.78, 5) is 0. The van der Waals surface area contributed by atoms with Crippen molar-refractivity contribution in [3.63, 3.8) is 0 Å². The van der Waals surface area contributed by atoms with Crippen LogP contribution in [0.3, 0.4) is 0 Å². The first-order valence-electron chi connectivity index (χ1n) is 6.49. The maximum absolute atomic E-state index is 6.10. The molecular weight excluding hydrogens is 234 g/mol. The van der Waals surface area contributed by atoms with Crippen LogP contribution in [0.4, 0.5) is 0 Å². The van der Waals surface area contributed by atoms with Gasteiger partial charge in [0.15, 0.2) is 0 Å². The summed E-state index contributed by atoms with van der Waals surface area (Å²) in [5, 5.41) is 0. The van der Waals surface area contributed by atoms with Crippen LogP contribution in [0.5, 0.6) is 11.5 Å². The molecule has 0 radical (unpaired) electrons. The molecule has 0 amide bonds. The maximum Gasteiger partial charge on any atom is 0.127 e. The van der Waals surface area contributed by atoms with Crippen LogP contribution in [0.2, 0.25) is 0 Å². The molecule has 2 aromatic carbocycles. The van der Waals surface area contributed by atoms with Crippen LogP contribution in [0.25, 0.3) is 0 Å². The van der Waals surface area contributed by atoms with Gasteiger partial charge in [-0.3, -0.25) is 0 Å². The molecular formula is C17H19NO. The predicted octanol–water partition coefficient (Wildman–Crippen LogP) is 4.44. The second kappa shape index (κ2) is 6.76. The normalized spacial score (nSPS) is 11.8. The molecule has 2 rings (SSSR count). The minimum Gasteiger partial charge on any atom is -0.457 e. The Morgan fingerprint density at radius 3 is 2.26 bits per heavy atom. The monoisotopic (exact) mass is 253 g/mol. The Labute approximate surface area is 114 Å². The van der Waals surface area contributed by atoms with Crippen LogP contribution in [0.1, 0.15) is 24.4 Å². The summed E-state index contributed by atoms with van der Waals surface area (Å²) in [7, 11) is 0. The zero-order chi connectivity index (χ0) is 13.5. The van der Waals surface area contributed by atoms with E-state index in [4.69, 9.17) is 10.5 Å². The Bertz CT molecular complexity index is 505. The molecule has 19 heavy (non-hydrogen) atoms. The molecule has 0 fully saturated rings. The molecule has 0 saturated carbocycles. The lowest BCUT2D eigenvalue weighted by Crippen LogP contribution is -2.09. The second-order valence-corrected chi connectivity index (χ2v) is 4.46. The minimum absolute atomic E-state index is 0.0591. The van der Waals surface area contributed by atoms with Gasteiger partial charge in [-0.15, -0.1) is 6.58 Å². The van der Waals surface area contributed by atoms with E-state index < -0.39 is 0 Å². The van der Waals surface area contributed by atoms with Crippen LogP contribution < -0.4 is 10.5 Å². The third-order valence-electron chi connectivity index (χ3n) is 2.97. The fourth-order valence-corrected chi connectivity index (χ4v) is 1.87. The second-order valence-electron chi connectivity index (χ2n) is 4.46. The first kappa shape index (κ1) is 13.4. The highest BCUT2D eigenvalue weighted by atomic mass is 16.5. The molecule has 2 heteroatoms. The Hall–Kier alpha value is -2.06. The standard InChI is InChI=1S/C17H19NO/c1-2-3-9-17(18)14-10-12-16(13-11-14)19-15-7-5-4-6-8-15/h2,4-8,10-13,17H,1,3,9,18H2/t17-/m0/s1. The van der Waals surface area contributed by atoms with E-state index in [1.54, 1.807) is 0 Å². The molecule has 0 heterocycles. The van der Waals surface area contributed by atoms with Gasteiger partial charge >= 0.3 is 0 Å². The van der Waals surface area contributed by atoms with E-state index in [2.05, 4.69) is 6.58 Å². The minimum atomic E-state index is 0.0591. The molecule has 0 unspecified atom stereocenters. The predicted molar refractivity (Wildman–Crippen MR) is 79.3 cm³/mol. The van der Waals surface area contributed by atoms with E-state index in [-0.39, 0.29) is 6.04 Å². The van der Waals surface area contributed by atoms with Crippen molar-refractivity contribution in [2.24, 2.45) is 5.73 Å². The van der Waals surface area contributed by atoms with Crippen LogP contribution in [-0.2, 0) is 0 Å². The van der Waals surface area contributed by atoms with Gasteiger partial charge in [0.05, 0.1) is 0 Å². The highest BCUT2D eigenvalue weighted by Crippen LogP contribution is 2.23. The molecule has 0 aliphatic heterocycles. The summed E-state index contributed by atoms with van der Waals surface area (Å²) >= 11 is 0. The van der Waals surface area contributed by atoms with Gasteiger partial charge in [-0.2, -0.15) is 0 Å². The van der Waals surface area contributed by atoms with Gasteiger partial charge < -0.3 is 10.5 Å². The van der Waals surface area contributed by atoms with Gasteiger partial charge in [-0.25, -0.2) is 0 Å². The molecule has 0 aromatic heterocycles. The first-order chi connectivity index (χ1) is 9.29. The number of para-hydroxylation sites is 1. The molecule has 0 bridgehead atoms. The fourth-order valence-electron chi connectivity index (χ4n) is 1.87. The number of allylic oxidation sites excluding steroid dienone is 1. The number of hydrogen-bond acceptors (Lipinski definition) is 2. The first-order valence-corrected chi connectivity index (χ1v) is 6.49. The SMILES string of the molecule is C=CCC[C@H](N)c1ccc(Oc2ccccc2)cc1. The van der Waals surface area contributed by atoms with Crippen LogP contribution >= 0.6 is 0 Å². The maximum atomic E-state index is 6.10. The van der Waals surface area contributed by atoms with Crippen molar-refractivity contribution in [2.45, 2.75) is 18.9 Å². The van der Waals surface area contributed by atoms with E-state index in [0.717, 1.165) is 29.9 Å². The van der Waals surface area contributed by atoms with Crippen molar-refractivity contribution < 1.29 is 4.74 Å². The van der Waals surface area contributed by atoms with E-state index in [0.29, 0.717) is 0 Å². The largest absolute Gasteiger partial charge is 0.457 e. The quantitative estimate of drug-likeness (QED) is 0.772. The smallest absolute Gasteiger partial charge is 0.127 e. The van der Waals surface area contributed by atoms with Crippen LogP contribution in [0, 0.1) is 0 Å². The van der Waals surface area contributed by atoms with Crippen LogP contribution in [-0.4, -0.2) is 0 Å². The molecule has 0 aliphatic rings. The van der Waals surface area contributed by atoms with Crippen molar-refractivity contribution in [1.29, 1.82) is 0 Å². The molecule has 1 atom stereocenters. The fraction of sp³-hybridized carbons (Fsp3) is 0.176. The third-order valence-corrected chi connectivity index (χ3v) is 2.97. The summed E-state index contributed by atoms with van der Waals surface area (Å²) in [5.41, 5.74) is 7.22. The van der Waals surface area contributed by atoms with Gasteiger partial charge in [0.1, 0.15) is 11.5 Å². The zero-order valence-corrected chi connectivity index (χ0v) is 11.0. The lowest BCUT2D eigenvalue weighted by Gasteiger charge is -2.12. The Morgan fingerprint density at radius 2 is 1.63 bits per heavy atom. The average molecular weight is 253 g/mol. The van der Waals surface area contributed by atoms with Crippen LogP contribution in [0.15, 0.2) is 67.3 Å². The highest BCUT2D eigenvalue weighted by molar-refractivity contribution is 5.33. The van der Waals surface area contributed by atoms with Crippen molar-refractivity contribution in [3.05, 3.63) is 72.8 Å². The molecule has 2 nitrogen and oxygen atoms in total. The lowest BCUT2D eigenvalue weighted by molar-refractivity contribution is 0.482. The van der Waals surface area contributed by atoms with Gasteiger partial charge in [-0.05, 0) is 42.7 Å². The number of rotatable bonds is 6. The molecule has 0 spiro atoms. The van der Waals surface area contributed by atoms with E-state index in [9.17, 15) is 0 Å². The Kier molecular flexibility index (Phi) is 4.76. The van der Waals surface area contributed by atoms with Crippen molar-refractivity contribution in [2.75, 3.05) is 0 Å². The van der Waals surface area contributed by atoms with E-state index in [1.165, 1.54) is 0 Å². The average Bonchev–Trinajstić information content (AvgIpc) is 2.46. The summed E-state index contributed by atoms with van der Waals surface area (Å²) in [5.74, 6) is 1.66. The van der Waals surface area contributed by atoms with Crippen molar-refractivity contribution >= 4 is 0 Å². The Balaban J connectivity index is 2.00. The van der Waals surface area contributed by atoms with Crippen molar-refractivity contribution in [3.8, 4) is 11.5 Å². The molecule has 0 aliphatic carbocycles. The molecule has 0 saturated heterocycles. The van der Waals surface area contributed by atoms with Gasteiger partial charge in [0.25, 0.3) is 0 Å². The van der Waals surface area contributed by atoms with Crippen molar-refractivity contribution in [1.82, 2.24) is 0 Å². The number of ether oxygens (including phenoxy) is 1. The Morgan fingerprint density at radius 1 is 1.00 bits per heavy atom. The van der Waals surface area contributed by atoms with Gasteiger partial charge in [0, 0.05) is 6.04 Å². The molecule has 2 aromatic rings. The summed E-state index contributed by atoms with van der Waals surface area (Å²) in [6.45, 7) is 3.71. The third kappa shape index (κ3) is 3.97. The summed E-state index contributed by atoms with van der Waals surface area (Å²) in [6, 6.07) is 17.7. The zero-order valence-electron chi connectivity index (χ0n) is 11.0. The van der Waals surface area contributed by atoms with Gasteiger partial charge in [-0.1, -0.05) is 36.4 Å². The van der Waals surface area contributed by atoms with E-state index >= 15 is 0 Å². The van der Waals surface area contributed by atoms with Gasteiger partial charge in [0.2, 0.25) is 0 Å². The topological polar surface area (TPSA) is 35.2 Å². The summed E-state index contributed by atoms with van der Waals surface area (Å²) in [6.07, 6.45) is 3.75. The molecule has 98 valence electrons. The number of hydrogen-bond donors (Lipinski definition) is 1.